The highest BCUT2D eigenvalue weighted by molar-refractivity contribution is 6.03. The molecule has 0 fully saturated rings. The molecular formula is C14H12N6O. The number of pyridine rings is 1. The minimum absolute atomic E-state index is 0.252. The average Bonchev–Trinajstić information content (AvgIpc) is 2.95. The lowest BCUT2D eigenvalue weighted by molar-refractivity contribution is 0.102. The van der Waals surface area contributed by atoms with E-state index in [-0.39, 0.29) is 5.91 Å². The summed E-state index contributed by atoms with van der Waals surface area (Å²) in [5.74, 6) is 1.05. The Balaban J connectivity index is 1.76. The fourth-order valence-electron chi connectivity index (χ4n) is 1.80. The van der Waals surface area contributed by atoms with Gasteiger partial charge in [0.2, 0.25) is 5.95 Å². The van der Waals surface area contributed by atoms with Gasteiger partial charge in [-0.15, -0.1) is 0 Å². The van der Waals surface area contributed by atoms with Gasteiger partial charge in [-0.1, -0.05) is 0 Å². The van der Waals surface area contributed by atoms with Crippen LogP contribution in [0.1, 0.15) is 16.2 Å². The van der Waals surface area contributed by atoms with Crippen LogP contribution in [0.25, 0.3) is 5.95 Å². The number of rotatable bonds is 3. The highest BCUT2D eigenvalue weighted by Crippen LogP contribution is 2.09. The quantitative estimate of drug-likeness (QED) is 0.788. The van der Waals surface area contributed by atoms with Crippen LogP contribution in [0.5, 0.6) is 0 Å². The maximum atomic E-state index is 12.0. The number of aromatic nitrogens is 5. The molecule has 21 heavy (non-hydrogen) atoms. The summed E-state index contributed by atoms with van der Waals surface area (Å²) in [4.78, 5) is 28.4. The molecule has 104 valence electrons. The molecule has 3 heterocycles. The van der Waals surface area contributed by atoms with Gasteiger partial charge in [0.15, 0.2) is 0 Å². The third-order valence-corrected chi connectivity index (χ3v) is 2.86. The molecule has 1 N–H and O–H groups in total. The molecule has 7 heteroatoms. The number of nitrogens with zero attached hydrogens (tertiary/aromatic N) is 5. The standard InChI is InChI=1S/C14H12N6O/c1-10-16-5-6-20(10)14-17-8-12(9-18-14)19-13(21)11-3-2-4-15-7-11/h2-9H,1H3,(H,19,21). The number of anilines is 1. The van der Waals surface area contributed by atoms with E-state index < -0.39 is 0 Å². The zero-order valence-corrected chi connectivity index (χ0v) is 11.3. The van der Waals surface area contributed by atoms with E-state index in [0.717, 1.165) is 5.82 Å². The molecule has 3 rings (SSSR count). The molecule has 0 aliphatic carbocycles. The molecule has 0 atom stereocenters. The fourth-order valence-corrected chi connectivity index (χ4v) is 1.80. The third kappa shape index (κ3) is 2.76. The maximum Gasteiger partial charge on any atom is 0.257 e. The highest BCUT2D eigenvalue weighted by Gasteiger charge is 2.07. The summed E-state index contributed by atoms with van der Waals surface area (Å²) in [6.07, 6.45) is 9.67. The summed E-state index contributed by atoms with van der Waals surface area (Å²) >= 11 is 0. The molecular weight excluding hydrogens is 268 g/mol. The molecule has 0 spiro atoms. The van der Waals surface area contributed by atoms with Crippen molar-refractivity contribution in [2.24, 2.45) is 0 Å². The SMILES string of the molecule is Cc1nccn1-c1ncc(NC(=O)c2cccnc2)cn1. The number of carbonyl (C=O) groups is 1. The molecule has 1 amide bonds. The summed E-state index contributed by atoms with van der Waals surface area (Å²) in [7, 11) is 0. The Hall–Kier alpha value is -3.09. The zero-order chi connectivity index (χ0) is 14.7. The third-order valence-electron chi connectivity index (χ3n) is 2.86. The lowest BCUT2D eigenvalue weighted by atomic mass is 10.2. The first kappa shape index (κ1) is 12.9. The Labute approximate surface area is 120 Å². The molecule has 0 bridgehead atoms. The molecule has 3 aromatic heterocycles. The van der Waals surface area contributed by atoms with E-state index in [1.165, 1.54) is 6.20 Å². The average molecular weight is 280 g/mol. The Morgan fingerprint density at radius 1 is 1.14 bits per heavy atom. The van der Waals surface area contributed by atoms with Crippen LogP contribution < -0.4 is 5.32 Å². The number of imidazole rings is 1. The van der Waals surface area contributed by atoms with Crippen molar-refractivity contribution < 1.29 is 4.79 Å². The van der Waals surface area contributed by atoms with Gasteiger partial charge in [-0.3, -0.25) is 14.3 Å². The van der Waals surface area contributed by atoms with E-state index in [0.29, 0.717) is 17.2 Å². The lowest BCUT2D eigenvalue weighted by Gasteiger charge is -2.06. The molecule has 3 aromatic rings. The Bertz CT molecular complexity index is 751. The molecule has 0 unspecified atom stereocenters. The molecule has 0 aliphatic rings. The molecule has 0 saturated heterocycles. The van der Waals surface area contributed by atoms with Crippen molar-refractivity contribution in [3.8, 4) is 5.95 Å². The number of hydrogen-bond acceptors (Lipinski definition) is 5. The van der Waals surface area contributed by atoms with Gasteiger partial charge in [-0.25, -0.2) is 15.0 Å². The first-order valence-corrected chi connectivity index (χ1v) is 6.28. The van der Waals surface area contributed by atoms with Gasteiger partial charge in [-0.2, -0.15) is 0 Å². The van der Waals surface area contributed by atoms with Gasteiger partial charge in [0.1, 0.15) is 5.82 Å². The van der Waals surface area contributed by atoms with E-state index in [1.54, 1.807) is 47.7 Å². The number of aryl methyl sites for hydroxylation is 1. The predicted octanol–water partition coefficient (Wildman–Crippen LogP) is 1.62. The second kappa shape index (κ2) is 5.49. The topological polar surface area (TPSA) is 85.6 Å². The van der Waals surface area contributed by atoms with Crippen LogP contribution in [-0.2, 0) is 0 Å². The van der Waals surface area contributed by atoms with Crippen LogP contribution in [-0.4, -0.2) is 30.4 Å². The fraction of sp³-hybridized carbons (Fsp3) is 0.0714. The second-order valence-electron chi connectivity index (χ2n) is 4.31. The Morgan fingerprint density at radius 3 is 2.57 bits per heavy atom. The van der Waals surface area contributed by atoms with E-state index in [1.807, 2.05) is 6.92 Å². The van der Waals surface area contributed by atoms with Crippen molar-refractivity contribution in [2.45, 2.75) is 6.92 Å². The number of amides is 1. The van der Waals surface area contributed by atoms with E-state index in [2.05, 4.69) is 25.3 Å². The predicted molar refractivity (Wildman–Crippen MR) is 76.1 cm³/mol. The molecule has 0 radical (unpaired) electrons. The smallest absolute Gasteiger partial charge is 0.257 e. The minimum atomic E-state index is -0.252. The van der Waals surface area contributed by atoms with Crippen LogP contribution in [0.4, 0.5) is 5.69 Å². The first-order chi connectivity index (χ1) is 10.2. The lowest BCUT2D eigenvalue weighted by Crippen LogP contribution is -2.13. The van der Waals surface area contributed by atoms with Gasteiger partial charge < -0.3 is 5.32 Å². The van der Waals surface area contributed by atoms with Crippen molar-refractivity contribution in [1.82, 2.24) is 24.5 Å². The summed E-state index contributed by atoms with van der Waals surface area (Å²) in [5, 5.41) is 2.72. The Kier molecular flexibility index (Phi) is 3.38. The summed E-state index contributed by atoms with van der Waals surface area (Å²) in [6, 6.07) is 3.39. The first-order valence-electron chi connectivity index (χ1n) is 6.28. The van der Waals surface area contributed by atoms with Crippen LogP contribution in [0.15, 0.2) is 49.3 Å². The van der Waals surface area contributed by atoms with E-state index in [9.17, 15) is 4.79 Å². The summed E-state index contributed by atoms with van der Waals surface area (Å²) < 4.78 is 1.76. The number of nitrogens with one attached hydrogen (secondary N) is 1. The monoisotopic (exact) mass is 280 g/mol. The van der Waals surface area contributed by atoms with Gasteiger partial charge in [-0.05, 0) is 19.1 Å². The van der Waals surface area contributed by atoms with Gasteiger partial charge in [0.05, 0.1) is 23.6 Å². The highest BCUT2D eigenvalue weighted by atomic mass is 16.1. The number of carbonyl (C=O) groups excluding carboxylic acids is 1. The molecule has 7 nitrogen and oxygen atoms in total. The van der Waals surface area contributed by atoms with E-state index in [4.69, 9.17) is 0 Å². The van der Waals surface area contributed by atoms with Gasteiger partial charge in [0.25, 0.3) is 5.91 Å². The van der Waals surface area contributed by atoms with Gasteiger partial charge >= 0.3 is 0 Å². The minimum Gasteiger partial charge on any atom is -0.319 e. The number of hydrogen-bond donors (Lipinski definition) is 1. The van der Waals surface area contributed by atoms with Crippen molar-refractivity contribution in [3.05, 3.63) is 60.7 Å². The van der Waals surface area contributed by atoms with Crippen molar-refractivity contribution in [2.75, 3.05) is 5.32 Å². The largest absolute Gasteiger partial charge is 0.319 e. The van der Waals surface area contributed by atoms with Crippen LogP contribution in [0, 0.1) is 6.92 Å². The molecule has 0 aliphatic heterocycles. The van der Waals surface area contributed by atoms with Crippen LogP contribution in [0.2, 0.25) is 0 Å². The summed E-state index contributed by atoms with van der Waals surface area (Å²) in [6.45, 7) is 1.86. The molecule has 0 aromatic carbocycles. The maximum absolute atomic E-state index is 12.0. The van der Waals surface area contributed by atoms with Crippen molar-refractivity contribution >= 4 is 11.6 Å². The second-order valence-corrected chi connectivity index (χ2v) is 4.31. The zero-order valence-electron chi connectivity index (χ0n) is 11.3. The van der Waals surface area contributed by atoms with Crippen LogP contribution >= 0.6 is 0 Å². The van der Waals surface area contributed by atoms with E-state index >= 15 is 0 Å². The summed E-state index contributed by atoms with van der Waals surface area (Å²) in [5.41, 5.74) is 0.998. The van der Waals surface area contributed by atoms with Crippen LogP contribution in [0.3, 0.4) is 0 Å². The van der Waals surface area contributed by atoms with Crippen molar-refractivity contribution in [1.29, 1.82) is 0 Å². The molecule has 0 saturated carbocycles. The Morgan fingerprint density at radius 2 is 1.95 bits per heavy atom. The van der Waals surface area contributed by atoms with Crippen molar-refractivity contribution in [3.63, 3.8) is 0 Å². The van der Waals surface area contributed by atoms with Gasteiger partial charge in [0, 0.05) is 24.8 Å². The normalized spacial score (nSPS) is 10.3.